The van der Waals surface area contributed by atoms with Gasteiger partial charge in [0.1, 0.15) is 0 Å². The summed E-state index contributed by atoms with van der Waals surface area (Å²) in [6, 6.07) is 23.5. The highest BCUT2D eigenvalue weighted by Crippen LogP contribution is 2.33. The summed E-state index contributed by atoms with van der Waals surface area (Å²) in [5.41, 5.74) is 2.21. The highest BCUT2D eigenvalue weighted by atomic mass is 35.5. The highest BCUT2D eigenvalue weighted by Gasteiger charge is 2.33. The van der Waals surface area contributed by atoms with Crippen LogP contribution in [0.1, 0.15) is 24.1 Å². The number of hydrogen-bond acceptors (Lipinski definition) is 3. The zero-order valence-electron chi connectivity index (χ0n) is 17.3. The van der Waals surface area contributed by atoms with Crippen LogP contribution in [0.4, 0.5) is 5.69 Å². The van der Waals surface area contributed by atoms with Gasteiger partial charge in [0, 0.05) is 46.9 Å². The fourth-order valence-electron chi connectivity index (χ4n) is 4.23. The summed E-state index contributed by atoms with van der Waals surface area (Å²) in [5.74, 6) is 0. The van der Waals surface area contributed by atoms with E-state index >= 15 is 0 Å². The van der Waals surface area contributed by atoms with Gasteiger partial charge >= 0.3 is 0 Å². The van der Waals surface area contributed by atoms with Crippen molar-refractivity contribution in [1.29, 1.82) is 0 Å². The fraction of sp³-hybridized carbons (Fsp3) is 0.280. The topological polar surface area (TPSA) is 26.7 Å². The van der Waals surface area contributed by atoms with Crippen molar-refractivity contribution in [2.45, 2.75) is 18.6 Å². The third-order valence-electron chi connectivity index (χ3n) is 5.88. The molecule has 162 valence electrons. The van der Waals surface area contributed by atoms with E-state index in [1.165, 1.54) is 5.56 Å². The monoisotopic (exact) mass is 474 g/mol. The van der Waals surface area contributed by atoms with Crippen molar-refractivity contribution in [3.05, 3.63) is 99.0 Å². The molecule has 1 aliphatic rings. The van der Waals surface area contributed by atoms with Gasteiger partial charge in [-0.2, -0.15) is 0 Å². The third kappa shape index (κ3) is 5.36. The molecule has 2 atom stereocenters. The molecule has 0 bridgehead atoms. The average molecular weight is 476 g/mol. The second-order valence-corrected chi connectivity index (χ2v) is 9.56. The van der Waals surface area contributed by atoms with E-state index in [-0.39, 0.29) is 6.04 Å². The third-order valence-corrected chi connectivity index (χ3v) is 6.63. The van der Waals surface area contributed by atoms with Crippen LogP contribution in [0, 0.1) is 0 Å². The van der Waals surface area contributed by atoms with Gasteiger partial charge in [-0.05, 0) is 66.6 Å². The number of piperazine rings is 1. The molecule has 3 aromatic carbocycles. The maximum atomic E-state index is 11.2. The van der Waals surface area contributed by atoms with Crippen LogP contribution in [0.2, 0.25) is 15.1 Å². The molecule has 1 heterocycles. The number of nitrogens with zero attached hydrogens (tertiary/aromatic N) is 2. The van der Waals surface area contributed by atoms with Crippen molar-refractivity contribution in [1.82, 2.24) is 4.90 Å². The number of hydrogen-bond donors (Lipinski definition) is 1. The maximum absolute atomic E-state index is 11.2. The second-order valence-electron chi connectivity index (χ2n) is 8.25. The van der Waals surface area contributed by atoms with Gasteiger partial charge in [0.2, 0.25) is 0 Å². The van der Waals surface area contributed by atoms with Crippen LogP contribution in [-0.4, -0.2) is 36.2 Å². The van der Waals surface area contributed by atoms with Crippen LogP contribution < -0.4 is 4.90 Å². The molecule has 0 unspecified atom stereocenters. The first-order valence-electron chi connectivity index (χ1n) is 10.3. The quantitative estimate of drug-likeness (QED) is 0.461. The van der Waals surface area contributed by atoms with Crippen molar-refractivity contribution in [2.75, 3.05) is 31.1 Å². The number of halogens is 3. The van der Waals surface area contributed by atoms with Crippen LogP contribution >= 0.6 is 34.8 Å². The smallest absolute Gasteiger partial charge is 0.0994 e. The summed E-state index contributed by atoms with van der Waals surface area (Å²) in [5, 5.41) is 13.3. The minimum atomic E-state index is -0.975. The molecule has 3 aromatic rings. The van der Waals surface area contributed by atoms with E-state index < -0.39 is 5.60 Å². The Hall–Kier alpha value is -1.75. The molecule has 1 saturated heterocycles. The molecule has 0 radical (unpaired) electrons. The summed E-state index contributed by atoms with van der Waals surface area (Å²) in [6.45, 7) is 4.86. The Morgan fingerprint density at radius 2 is 1.32 bits per heavy atom. The molecule has 0 spiro atoms. The molecule has 1 fully saturated rings. The second kappa shape index (κ2) is 9.40. The molecule has 3 nitrogen and oxygen atoms in total. The van der Waals surface area contributed by atoms with Crippen molar-refractivity contribution in [3.8, 4) is 0 Å². The molecule has 6 heteroatoms. The average Bonchev–Trinajstić information content (AvgIpc) is 2.75. The Labute approximate surface area is 198 Å². The van der Waals surface area contributed by atoms with Crippen LogP contribution in [0.15, 0.2) is 72.8 Å². The summed E-state index contributed by atoms with van der Waals surface area (Å²) in [4.78, 5) is 4.72. The van der Waals surface area contributed by atoms with Gasteiger partial charge in [-0.15, -0.1) is 0 Å². The predicted molar refractivity (Wildman–Crippen MR) is 130 cm³/mol. The molecular weight excluding hydrogens is 451 g/mol. The number of benzene rings is 3. The van der Waals surface area contributed by atoms with Gasteiger partial charge in [0.15, 0.2) is 0 Å². The lowest BCUT2D eigenvalue weighted by Gasteiger charge is -2.45. The largest absolute Gasteiger partial charge is 0.384 e. The zero-order chi connectivity index (χ0) is 22.0. The first-order valence-corrected chi connectivity index (χ1v) is 11.4. The molecule has 0 amide bonds. The Bertz CT molecular complexity index is 1000. The standard InChI is InChI=1S/C25H25Cl3N2O/c1-25(31,19-4-8-21(27)9-5-19)17-29-14-15-30(23-12-10-22(28)11-13-23)24(16-29)18-2-6-20(26)7-3-18/h2-13,24,31H,14-17H2,1H3/t24-,25+/m0/s1. The lowest BCUT2D eigenvalue weighted by atomic mass is 9.94. The lowest BCUT2D eigenvalue weighted by molar-refractivity contribution is 0.0103. The molecule has 1 aliphatic heterocycles. The zero-order valence-corrected chi connectivity index (χ0v) is 19.6. The normalized spacial score (nSPS) is 19.3. The minimum Gasteiger partial charge on any atom is -0.384 e. The van der Waals surface area contributed by atoms with E-state index in [0.29, 0.717) is 11.6 Å². The van der Waals surface area contributed by atoms with E-state index in [2.05, 4.69) is 34.1 Å². The Morgan fingerprint density at radius 1 is 0.806 bits per heavy atom. The van der Waals surface area contributed by atoms with Crippen molar-refractivity contribution < 1.29 is 5.11 Å². The Morgan fingerprint density at radius 3 is 1.90 bits per heavy atom. The van der Waals surface area contributed by atoms with Crippen molar-refractivity contribution in [2.24, 2.45) is 0 Å². The first kappa shape index (κ1) is 22.4. The van der Waals surface area contributed by atoms with E-state index in [0.717, 1.165) is 40.9 Å². The molecule has 31 heavy (non-hydrogen) atoms. The summed E-state index contributed by atoms with van der Waals surface area (Å²) < 4.78 is 0. The fourth-order valence-corrected chi connectivity index (χ4v) is 4.61. The number of anilines is 1. The van der Waals surface area contributed by atoms with E-state index in [9.17, 15) is 5.11 Å². The highest BCUT2D eigenvalue weighted by molar-refractivity contribution is 6.31. The number of aliphatic hydroxyl groups is 1. The van der Waals surface area contributed by atoms with Gasteiger partial charge in [0.05, 0.1) is 11.6 Å². The van der Waals surface area contributed by atoms with E-state index in [1.807, 2.05) is 55.5 Å². The SMILES string of the molecule is C[C@@](O)(CN1CCN(c2ccc(Cl)cc2)[C@H](c2ccc(Cl)cc2)C1)c1ccc(Cl)cc1. The Kier molecular flexibility index (Phi) is 6.80. The van der Waals surface area contributed by atoms with Crippen LogP contribution in [0.5, 0.6) is 0 Å². The van der Waals surface area contributed by atoms with Crippen molar-refractivity contribution in [3.63, 3.8) is 0 Å². The van der Waals surface area contributed by atoms with Crippen LogP contribution in [0.3, 0.4) is 0 Å². The first-order chi connectivity index (χ1) is 14.8. The maximum Gasteiger partial charge on any atom is 0.0994 e. The summed E-state index contributed by atoms with van der Waals surface area (Å²) >= 11 is 18.3. The lowest BCUT2D eigenvalue weighted by Crippen LogP contribution is -2.52. The molecule has 0 saturated carbocycles. The van der Waals surface area contributed by atoms with Gasteiger partial charge < -0.3 is 10.0 Å². The van der Waals surface area contributed by atoms with Crippen LogP contribution in [0.25, 0.3) is 0 Å². The van der Waals surface area contributed by atoms with Gasteiger partial charge in [-0.1, -0.05) is 59.1 Å². The van der Waals surface area contributed by atoms with Gasteiger partial charge in [0.25, 0.3) is 0 Å². The molecule has 0 aromatic heterocycles. The predicted octanol–water partition coefficient (Wildman–Crippen LogP) is 6.42. The van der Waals surface area contributed by atoms with Gasteiger partial charge in [-0.3, -0.25) is 4.90 Å². The Balaban J connectivity index is 1.58. The van der Waals surface area contributed by atoms with Gasteiger partial charge in [-0.25, -0.2) is 0 Å². The van der Waals surface area contributed by atoms with E-state index in [1.54, 1.807) is 0 Å². The summed E-state index contributed by atoms with van der Waals surface area (Å²) in [7, 11) is 0. The molecule has 4 rings (SSSR count). The molecule has 1 N–H and O–H groups in total. The van der Waals surface area contributed by atoms with E-state index in [4.69, 9.17) is 34.8 Å². The number of rotatable bonds is 5. The van der Waals surface area contributed by atoms with Crippen molar-refractivity contribution >= 4 is 40.5 Å². The molecular formula is C25H25Cl3N2O. The summed E-state index contributed by atoms with van der Waals surface area (Å²) in [6.07, 6.45) is 0. The molecule has 0 aliphatic carbocycles. The number of β-amino-alcohol motifs (C(OH)–C–C–N with tert-alkyl or cyclic N) is 1. The minimum absolute atomic E-state index is 0.133. The van der Waals surface area contributed by atoms with Crippen LogP contribution in [-0.2, 0) is 5.60 Å².